The van der Waals surface area contributed by atoms with Crippen LogP contribution < -0.4 is 16.0 Å². The highest BCUT2D eigenvalue weighted by Crippen LogP contribution is 2.36. The van der Waals surface area contributed by atoms with Crippen molar-refractivity contribution in [2.45, 2.75) is 26.7 Å². The summed E-state index contributed by atoms with van der Waals surface area (Å²) >= 11 is 1.50. The largest absolute Gasteiger partial charge is 0.397 e. The van der Waals surface area contributed by atoms with Crippen LogP contribution in [0, 0.1) is 5.92 Å². The minimum Gasteiger partial charge on any atom is -0.397 e. The van der Waals surface area contributed by atoms with Crippen molar-refractivity contribution in [2.24, 2.45) is 5.92 Å². The Kier molecular flexibility index (Phi) is 4.11. The third kappa shape index (κ3) is 2.96. The van der Waals surface area contributed by atoms with Crippen LogP contribution in [-0.2, 0) is 0 Å². The number of anilines is 2. The van der Waals surface area contributed by atoms with Gasteiger partial charge in [-0.15, -0.1) is 11.3 Å². The van der Waals surface area contributed by atoms with Gasteiger partial charge in [-0.05, 0) is 38.7 Å². The Morgan fingerprint density at radius 1 is 1.56 bits per heavy atom. The van der Waals surface area contributed by atoms with E-state index in [1.54, 1.807) is 0 Å². The average Bonchev–Trinajstić information content (AvgIpc) is 3.08. The Morgan fingerprint density at radius 2 is 2.28 bits per heavy atom. The Balaban J connectivity index is 2.12. The normalized spacial score (nSPS) is 14.6. The number of carbonyl (C=O) groups is 1. The molecule has 1 aliphatic rings. The van der Waals surface area contributed by atoms with E-state index in [0.29, 0.717) is 17.1 Å². The van der Waals surface area contributed by atoms with Crippen molar-refractivity contribution < 1.29 is 4.79 Å². The molecule has 1 aromatic rings. The molecule has 0 unspecified atom stereocenters. The number of nitrogens with zero attached hydrogens (tertiary/aromatic N) is 1. The molecule has 0 radical (unpaired) electrons. The van der Waals surface area contributed by atoms with Crippen LogP contribution in [0.2, 0.25) is 0 Å². The number of rotatable bonds is 6. The zero-order valence-corrected chi connectivity index (χ0v) is 11.8. The van der Waals surface area contributed by atoms with Crippen molar-refractivity contribution in [1.82, 2.24) is 5.32 Å². The van der Waals surface area contributed by atoms with Crippen LogP contribution in [-0.4, -0.2) is 25.5 Å². The van der Waals surface area contributed by atoms with Gasteiger partial charge in [-0.2, -0.15) is 0 Å². The first kappa shape index (κ1) is 13.2. The number of hydrogen-bond donors (Lipinski definition) is 2. The van der Waals surface area contributed by atoms with Crippen LogP contribution in [0.4, 0.5) is 10.7 Å². The second kappa shape index (κ2) is 5.61. The molecule has 4 nitrogen and oxygen atoms in total. The van der Waals surface area contributed by atoms with E-state index in [4.69, 9.17) is 5.73 Å². The molecule has 1 saturated carbocycles. The van der Waals surface area contributed by atoms with Crippen molar-refractivity contribution in [2.75, 3.05) is 30.3 Å². The summed E-state index contributed by atoms with van der Waals surface area (Å²) in [6.07, 6.45) is 2.67. The van der Waals surface area contributed by atoms with Crippen LogP contribution in [0.3, 0.4) is 0 Å². The third-order valence-corrected chi connectivity index (χ3v) is 4.37. The second-order valence-corrected chi connectivity index (χ2v) is 5.74. The van der Waals surface area contributed by atoms with E-state index in [2.05, 4.69) is 17.1 Å². The van der Waals surface area contributed by atoms with Crippen LogP contribution in [0.5, 0.6) is 0 Å². The van der Waals surface area contributed by atoms with Crippen LogP contribution in [0.25, 0.3) is 0 Å². The summed E-state index contributed by atoms with van der Waals surface area (Å²) in [4.78, 5) is 14.8. The quantitative estimate of drug-likeness (QED) is 0.831. The lowest BCUT2D eigenvalue weighted by Gasteiger charge is -2.20. The first-order valence-corrected chi connectivity index (χ1v) is 7.39. The van der Waals surface area contributed by atoms with Crippen molar-refractivity contribution in [1.29, 1.82) is 0 Å². The van der Waals surface area contributed by atoms with E-state index in [9.17, 15) is 4.79 Å². The lowest BCUT2D eigenvalue weighted by atomic mass is 10.3. The number of nitrogen functional groups attached to an aromatic ring is 1. The summed E-state index contributed by atoms with van der Waals surface area (Å²) in [6.45, 7) is 6.74. The number of carbonyl (C=O) groups excluding carboxylic acids is 1. The molecular weight excluding hydrogens is 246 g/mol. The van der Waals surface area contributed by atoms with E-state index in [-0.39, 0.29) is 5.91 Å². The van der Waals surface area contributed by atoms with E-state index in [1.165, 1.54) is 24.2 Å². The number of amides is 1. The molecule has 100 valence electrons. The summed E-state index contributed by atoms with van der Waals surface area (Å²) in [6, 6.07) is 1.93. The van der Waals surface area contributed by atoms with Gasteiger partial charge in [0, 0.05) is 19.6 Å². The monoisotopic (exact) mass is 267 g/mol. The van der Waals surface area contributed by atoms with Crippen LogP contribution in [0.1, 0.15) is 36.4 Å². The predicted octanol–water partition coefficient (Wildman–Crippen LogP) is 2.32. The van der Waals surface area contributed by atoms with Crippen molar-refractivity contribution >= 4 is 27.9 Å². The van der Waals surface area contributed by atoms with Gasteiger partial charge in [0.1, 0.15) is 4.88 Å². The summed E-state index contributed by atoms with van der Waals surface area (Å²) in [5, 5.41) is 3.91. The van der Waals surface area contributed by atoms with Gasteiger partial charge < -0.3 is 16.0 Å². The fraction of sp³-hybridized carbons (Fsp3) is 0.615. The zero-order chi connectivity index (χ0) is 13.1. The average molecular weight is 267 g/mol. The summed E-state index contributed by atoms with van der Waals surface area (Å²) in [7, 11) is 0. The molecule has 1 heterocycles. The molecule has 0 aliphatic heterocycles. The fourth-order valence-corrected chi connectivity index (χ4v) is 3.02. The van der Waals surface area contributed by atoms with E-state index >= 15 is 0 Å². The molecule has 2 rings (SSSR count). The van der Waals surface area contributed by atoms with Gasteiger partial charge in [0.25, 0.3) is 5.91 Å². The Hall–Kier alpha value is -1.23. The Labute approximate surface area is 112 Å². The van der Waals surface area contributed by atoms with E-state index in [1.807, 2.05) is 13.0 Å². The second-order valence-electron chi connectivity index (χ2n) is 4.71. The van der Waals surface area contributed by atoms with E-state index in [0.717, 1.165) is 24.0 Å². The number of nitrogens with one attached hydrogen (secondary N) is 1. The van der Waals surface area contributed by atoms with Gasteiger partial charge in [-0.25, -0.2) is 0 Å². The van der Waals surface area contributed by atoms with Gasteiger partial charge in [-0.3, -0.25) is 4.79 Å². The highest BCUT2D eigenvalue weighted by Gasteiger charge is 2.25. The SMILES string of the molecule is CCNC(=O)c1sc(N(CC)CC2CC2)cc1N. The van der Waals surface area contributed by atoms with Crippen molar-refractivity contribution in [3.63, 3.8) is 0 Å². The summed E-state index contributed by atoms with van der Waals surface area (Å²) in [5.41, 5.74) is 6.53. The van der Waals surface area contributed by atoms with Gasteiger partial charge in [-0.1, -0.05) is 0 Å². The van der Waals surface area contributed by atoms with Crippen LogP contribution in [0.15, 0.2) is 6.07 Å². The first-order valence-electron chi connectivity index (χ1n) is 6.58. The number of nitrogens with two attached hydrogens (primary N) is 1. The fourth-order valence-electron chi connectivity index (χ4n) is 1.95. The summed E-state index contributed by atoms with van der Waals surface area (Å²) < 4.78 is 0. The molecular formula is C13H21N3OS. The molecule has 3 N–H and O–H groups in total. The molecule has 1 aromatic heterocycles. The van der Waals surface area contributed by atoms with Gasteiger partial charge in [0.2, 0.25) is 0 Å². The first-order chi connectivity index (χ1) is 8.65. The van der Waals surface area contributed by atoms with Gasteiger partial charge in [0.15, 0.2) is 0 Å². The van der Waals surface area contributed by atoms with Gasteiger partial charge in [0.05, 0.1) is 10.7 Å². The lowest BCUT2D eigenvalue weighted by molar-refractivity contribution is 0.0960. The predicted molar refractivity (Wildman–Crippen MR) is 77.3 cm³/mol. The smallest absolute Gasteiger partial charge is 0.263 e. The molecule has 0 spiro atoms. The minimum absolute atomic E-state index is 0.0614. The maximum Gasteiger partial charge on any atom is 0.263 e. The standard InChI is InChI=1S/C13H21N3OS/c1-3-15-13(17)12-10(14)7-11(18-12)16(4-2)8-9-5-6-9/h7,9H,3-6,8,14H2,1-2H3,(H,15,17). The third-order valence-electron chi connectivity index (χ3n) is 3.16. The Morgan fingerprint density at radius 3 is 2.83 bits per heavy atom. The summed E-state index contributed by atoms with van der Waals surface area (Å²) in [5.74, 6) is 0.773. The maximum absolute atomic E-state index is 11.8. The molecule has 0 bridgehead atoms. The van der Waals surface area contributed by atoms with Crippen molar-refractivity contribution in [3.05, 3.63) is 10.9 Å². The minimum atomic E-state index is -0.0614. The Bertz CT molecular complexity index is 426. The zero-order valence-electron chi connectivity index (χ0n) is 11.0. The molecule has 0 saturated heterocycles. The highest BCUT2D eigenvalue weighted by atomic mass is 32.1. The molecule has 1 amide bonds. The van der Waals surface area contributed by atoms with Crippen LogP contribution >= 0.6 is 11.3 Å². The number of hydrogen-bond acceptors (Lipinski definition) is 4. The van der Waals surface area contributed by atoms with Gasteiger partial charge >= 0.3 is 0 Å². The number of thiophene rings is 1. The molecule has 0 aromatic carbocycles. The molecule has 18 heavy (non-hydrogen) atoms. The molecule has 1 fully saturated rings. The maximum atomic E-state index is 11.8. The van der Waals surface area contributed by atoms with E-state index < -0.39 is 0 Å². The molecule has 1 aliphatic carbocycles. The highest BCUT2D eigenvalue weighted by molar-refractivity contribution is 7.18. The topological polar surface area (TPSA) is 58.4 Å². The molecule has 5 heteroatoms. The molecule has 0 atom stereocenters. The lowest BCUT2D eigenvalue weighted by Crippen LogP contribution is -2.24. The van der Waals surface area contributed by atoms with Crippen molar-refractivity contribution in [3.8, 4) is 0 Å².